The minimum absolute atomic E-state index is 0.0299. The maximum Gasteiger partial charge on any atom is 0.246 e. The average molecular weight is 171 g/mol. The van der Waals surface area contributed by atoms with Gasteiger partial charge in [0.25, 0.3) is 0 Å². The lowest BCUT2D eigenvalue weighted by Crippen LogP contribution is -2.29. The van der Waals surface area contributed by atoms with Gasteiger partial charge in [0.1, 0.15) is 5.78 Å². The zero-order valence-electron chi connectivity index (χ0n) is 8.26. The first kappa shape index (κ1) is 13.5. The number of likely N-dealkylation sites (N-methyl/N-ethyl adjacent to an activating group) is 1. The molecule has 70 valence electrons. The third-order valence-electron chi connectivity index (χ3n) is 1.01. The van der Waals surface area contributed by atoms with Crippen LogP contribution >= 0.6 is 0 Å². The number of hydrogen-bond donors (Lipinski definition) is 0. The summed E-state index contributed by atoms with van der Waals surface area (Å²) in [5.74, 6) is -0.257. The standard InChI is InChI=1S/C7H11NO2.C2H6/c1-4-7(10)8(3)5-6(2)9;1-2/h4H,1,5H2,2-3H3;1-2H3. The molecule has 0 spiro atoms. The first-order valence-electron chi connectivity index (χ1n) is 3.95. The summed E-state index contributed by atoms with van der Waals surface area (Å²) in [5, 5.41) is 0. The van der Waals surface area contributed by atoms with Crippen LogP contribution in [0, 0.1) is 0 Å². The maximum absolute atomic E-state index is 10.7. The monoisotopic (exact) mass is 171 g/mol. The number of hydrogen-bond acceptors (Lipinski definition) is 2. The summed E-state index contributed by atoms with van der Waals surface area (Å²) in [7, 11) is 1.56. The molecular weight excluding hydrogens is 154 g/mol. The Bertz CT molecular complexity index is 164. The van der Waals surface area contributed by atoms with E-state index in [9.17, 15) is 9.59 Å². The van der Waals surface area contributed by atoms with Crippen LogP contribution in [0.2, 0.25) is 0 Å². The maximum atomic E-state index is 10.7. The Morgan fingerprint density at radius 3 is 2.08 bits per heavy atom. The molecule has 3 heteroatoms. The van der Waals surface area contributed by atoms with E-state index in [4.69, 9.17) is 0 Å². The zero-order chi connectivity index (χ0) is 10.1. The van der Waals surface area contributed by atoms with Gasteiger partial charge in [-0.25, -0.2) is 0 Å². The highest BCUT2D eigenvalue weighted by Crippen LogP contribution is 1.84. The molecule has 0 fully saturated rings. The van der Waals surface area contributed by atoms with E-state index in [2.05, 4.69) is 6.58 Å². The second-order valence-electron chi connectivity index (χ2n) is 2.10. The molecular formula is C9H17NO2. The topological polar surface area (TPSA) is 37.4 Å². The van der Waals surface area contributed by atoms with E-state index >= 15 is 0 Å². The molecule has 0 bridgehead atoms. The molecule has 0 saturated heterocycles. The van der Waals surface area contributed by atoms with Crippen LogP contribution in [-0.4, -0.2) is 30.2 Å². The van der Waals surface area contributed by atoms with Crippen molar-refractivity contribution in [3.63, 3.8) is 0 Å². The Labute approximate surface area is 74.1 Å². The fourth-order valence-electron chi connectivity index (χ4n) is 0.568. The number of Topliss-reactive ketones (excluding diaryl/α,β-unsaturated/α-hetero) is 1. The number of rotatable bonds is 3. The van der Waals surface area contributed by atoms with Gasteiger partial charge in [-0.05, 0) is 13.0 Å². The fraction of sp³-hybridized carbons (Fsp3) is 0.556. The summed E-state index contributed by atoms with van der Waals surface area (Å²) in [6.45, 7) is 8.88. The van der Waals surface area contributed by atoms with Crippen LogP contribution in [0.15, 0.2) is 12.7 Å². The normalized spacial score (nSPS) is 7.67. The first-order valence-corrected chi connectivity index (χ1v) is 3.95. The van der Waals surface area contributed by atoms with Crippen LogP contribution in [0.4, 0.5) is 0 Å². The summed E-state index contributed by atoms with van der Waals surface area (Å²) >= 11 is 0. The Kier molecular flexibility index (Phi) is 8.96. The van der Waals surface area contributed by atoms with Crippen LogP contribution in [0.1, 0.15) is 20.8 Å². The van der Waals surface area contributed by atoms with Crippen LogP contribution in [-0.2, 0) is 9.59 Å². The molecule has 0 aromatic carbocycles. The predicted molar refractivity (Wildman–Crippen MR) is 49.9 cm³/mol. The molecule has 0 unspecified atom stereocenters. The van der Waals surface area contributed by atoms with Crippen LogP contribution in [0.25, 0.3) is 0 Å². The van der Waals surface area contributed by atoms with Crippen molar-refractivity contribution in [3.8, 4) is 0 Å². The van der Waals surface area contributed by atoms with Crippen molar-refractivity contribution in [3.05, 3.63) is 12.7 Å². The van der Waals surface area contributed by atoms with Crippen molar-refractivity contribution < 1.29 is 9.59 Å². The number of ketones is 1. The van der Waals surface area contributed by atoms with Crippen molar-refractivity contribution in [1.82, 2.24) is 4.90 Å². The van der Waals surface area contributed by atoms with Gasteiger partial charge in [-0.2, -0.15) is 0 Å². The van der Waals surface area contributed by atoms with Crippen molar-refractivity contribution >= 4 is 11.7 Å². The largest absolute Gasteiger partial charge is 0.335 e. The molecule has 0 atom stereocenters. The highest BCUT2D eigenvalue weighted by molar-refractivity contribution is 5.90. The first-order chi connectivity index (χ1) is 5.57. The van der Waals surface area contributed by atoms with Crippen LogP contribution in [0.5, 0.6) is 0 Å². The Morgan fingerprint density at radius 2 is 1.83 bits per heavy atom. The lowest BCUT2D eigenvalue weighted by atomic mass is 10.4. The predicted octanol–water partition coefficient (Wildman–Crippen LogP) is 1.25. The second-order valence-corrected chi connectivity index (χ2v) is 2.10. The van der Waals surface area contributed by atoms with Crippen LogP contribution in [0.3, 0.4) is 0 Å². The SMILES string of the molecule is C=CC(=O)N(C)CC(C)=O.CC. The van der Waals surface area contributed by atoms with Gasteiger partial charge < -0.3 is 4.90 Å². The Balaban J connectivity index is 0. The smallest absolute Gasteiger partial charge is 0.246 e. The molecule has 0 aliphatic carbocycles. The number of carbonyl (C=O) groups is 2. The van der Waals surface area contributed by atoms with Crippen molar-refractivity contribution in [2.45, 2.75) is 20.8 Å². The number of amides is 1. The Hall–Kier alpha value is -1.12. The molecule has 0 saturated carbocycles. The molecule has 0 radical (unpaired) electrons. The number of carbonyl (C=O) groups excluding carboxylic acids is 2. The molecule has 0 rings (SSSR count). The Morgan fingerprint density at radius 1 is 1.42 bits per heavy atom. The third-order valence-corrected chi connectivity index (χ3v) is 1.01. The van der Waals surface area contributed by atoms with E-state index in [-0.39, 0.29) is 18.2 Å². The summed E-state index contributed by atoms with van der Waals surface area (Å²) in [4.78, 5) is 22.5. The summed E-state index contributed by atoms with van der Waals surface area (Å²) < 4.78 is 0. The van der Waals surface area contributed by atoms with E-state index in [1.165, 1.54) is 17.9 Å². The van der Waals surface area contributed by atoms with Gasteiger partial charge in [-0.3, -0.25) is 9.59 Å². The fourth-order valence-corrected chi connectivity index (χ4v) is 0.568. The van der Waals surface area contributed by atoms with Gasteiger partial charge in [0, 0.05) is 7.05 Å². The molecule has 12 heavy (non-hydrogen) atoms. The van der Waals surface area contributed by atoms with E-state index in [0.29, 0.717) is 0 Å². The van der Waals surface area contributed by atoms with Crippen LogP contribution < -0.4 is 0 Å². The van der Waals surface area contributed by atoms with E-state index < -0.39 is 0 Å². The number of nitrogens with zero attached hydrogens (tertiary/aromatic N) is 1. The lowest BCUT2D eigenvalue weighted by Gasteiger charge is -2.11. The van der Waals surface area contributed by atoms with Gasteiger partial charge in [0.15, 0.2) is 0 Å². The molecule has 0 aliphatic heterocycles. The summed E-state index contributed by atoms with van der Waals surface area (Å²) in [6, 6.07) is 0. The summed E-state index contributed by atoms with van der Waals surface area (Å²) in [5.41, 5.74) is 0. The third kappa shape index (κ3) is 6.99. The van der Waals surface area contributed by atoms with Gasteiger partial charge in [-0.1, -0.05) is 20.4 Å². The molecule has 0 aromatic rings. The minimum Gasteiger partial charge on any atom is -0.335 e. The molecule has 0 heterocycles. The molecule has 0 aromatic heterocycles. The molecule has 0 aliphatic rings. The van der Waals surface area contributed by atoms with E-state index in [1.54, 1.807) is 7.05 Å². The van der Waals surface area contributed by atoms with Gasteiger partial charge in [0.05, 0.1) is 6.54 Å². The zero-order valence-corrected chi connectivity index (χ0v) is 8.26. The second kappa shape index (κ2) is 7.98. The highest BCUT2D eigenvalue weighted by Gasteiger charge is 2.04. The van der Waals surface area contributed by atoms with E-state index in [0.717, 1.165) is 0 Å². The van der Waals surface area contributed by atoms with Gasteiger partial charge in [-0.15, -0.1) is 0 Å². The molecule has 0 N–H and O–H groups in total. The molecule has 1 amide bonds. The molecule has 3 nitrogen and oxygen atoms in total. The van der Waals surface area contributed by atoms with Gasteiger partial charge >= 0.3 is 0 Å². The average Bonchev–Trinajstić information content (AvgIpc) is 2.05. The lowest BCUT2D eigenvalue weighted by molar-refractivity contribution is -0.129. The van der Waals surface area contributed by atoms with E-state index in [1.807, 2.05) is 13.8 Å². The van der Waals surface area contributed by atoms with Crippen molar-refractivity contribution in [2.75, 3.05) is 13.6 Å². The highest BCUT2D eigenvalue weighted by atomic mass is 16.2. The van der Waals surface area contributed by atoms with Crippen molar-refractivity contribution in [1.29, 1.82) is 0 Å². The quantitative estimate of drug-likeness (QED) is 0.599. The van der Waals surface area contributed by atoms with Crippen molar-refractivity contribution in [2.24, 2.45) is 0 Å². The van der Waals surface area contributed by atoms with Gasteiger partial charge in [0.2, 0.25) is 5.91 Å². The summed E-state index contributed by atoms with van der Waals surface area (Å²) in [6.07, 6.45) is 1.18. The minimum atomic E-state index is -0.227.